The van der Waals surface area contributed by atoms with Gasteiger partial charge >= 0.3 is 0 Å². The van der Waals surface area contributed by atoms with Gasteiger partial charge in [-0.1, -0.05) is 17.7 Å². The number of benzene rings is 2. The zero-order valence-electron chi connectivity index (χ0n) is 14.8. The molecule has 0 spiro atoms. The van der Waals surface area contributed by atoms with Crippen molar-refractivity contribution in [1.29, 1.82) is 0 Å². The second-order valence-corrected chi connectivity index (χ2v) is 7.90. The number of carbonyl (C=O) groups excluding carboxylic acids is 1. The fourth-order valence-electron chi connectivity index (χ4n) is 3.08. The largest absolute Gasteiger partial charge is 0.371 e. The fourth-order valence-corrected chi connectivity index (χ4v) is 4.11. The molecule has 1 amide bonds. The van der Waals surface area contributed by atoms with Gasteiger partial charge in [-0.25, -0.2) is 4.39 Å². The number of carbonyl (C=O) groups is 1. The minimum absolute atomic E-state index is 0.0123. The van der Waals surface area contributed by atoms with E-state index in [1.54, 1.807) is 23.9 Å². The molecule has 1 aliphatic heterocycles. The molecular weight excluding hydrogens is 387 g/mol. The molecule has 27 heavy (non-hydrogen) atoms. The Morgan fingerprint density at radius 1 is 1.22 bits per heavy atom. The Morgan fingerprint density at radius 2 is 2.00 bits per heavy atom. The number of ether oxygens (including phenoxy) is 1. The Labute approximate surface area is 167 Å². The quantitative estimate of drug-likeness (QED) is 0.509. The van der Waals surface area contributed by atoms with E-state index in [2.05, 4.69) is 10.6 Å². The summed E-state index contributed by atoms with van der Waals surface area (Å²) in [5.74, 6) is 0.531. The Balaban J connectivity index is 1.51. The average Bonchev–Trinajstić information content (AvgIpc) is 2.68. The summed E-state index contributed by atoms with van der Waals surface area (Å²) >= 11 is 7.64. The van der Waals surface area contributed by atoms with Gasteiger partial charge in [-0.3, -0.25) is 4.79 Å². The van der Waals surface area contributed by atoms with Gasteiger partial charge in [0.25, 0.3) is 0 Å². The van der Waals surface area contributed by atoms with E-state index in [0.717, 1.165) is 28.8 Å². The van der Waals surface area contributed by atoms with Crippen LogP contribution in [0.5, 0.6) is 0 Å². The Bertz CT molecular complexity index is 760. The van der Waals surface area contributed by atoms with Gasteiger partial charge < -0.3 is 15.4 Å². The summed E-state index contributed by atoms with van der Waals surface area (Å²) < 4.78 is 20.3. The number of hydrogen-bond acceptors (Lipinski definition) is 4. The van der Waals surface area contributed by atoms with Crippen LogP contribution in [-0.2, 0) is 16.0 Å². The van der Waals surface area contributed by atoms with Crippen molar-refractivity contribution in [3.63, 3.8) is 0 Å². The van der Waals surface area contributed by atoms with Gasteiger partial charge in [-0.15, -0.1) is 11.8 Å². The van der Waals surface area contributed by atoms with E-state index in [1.807, 2.05) is 24.3 Å². The zero-order chi connectivity index (χ0) is 19.1. The molecule has 1 aliphatic rings. The van der Waals surface area contributed by atoms with Crippen LogP contribution in [0, 0.1) is 5.82 Å². The summed E-state index contributed by atoms with van der Waals surface area (Å²) in [5, 5.41) is 6.69. The Hall–Kier alpha value is -1.60. The highest BCUT2D eigenvalue weighted by Gasteiger charge is 2.23. The third-order valence-corrected chi connectivity index (χ3v) is 5.82. The number of amides is 1. The molecule has 1 heterocycles. The first-order valence-corrected chi connectivity index (χ1v) is 10.2. The first kappa shape index (κ1) is 20.1. The van der Waals surface area contributed by atoms with E-state index in [4.69, 9.17) is 16.3 Å². The second kappa shape index (κ2) is 10.1. The first-order chi connectivity index (χ1) is 13.2. The lowest BCUT2D eigenvalue weighted by Gasteiger charge is -2.31. The van der Waals surface area contributed by atoms with E-state index in [0.29, 0.717) is 30.5 Å². The molecule has 1 fully saturated rings. The van der Waals surface area contributed by atoms with Crippen molar-refractivity contribution in [2.24, 2.45) is 0 Å². The van der Waals surface area contributed by atoms with Crippen LogP contribution in [0.25, 0.3) is 0 Å². The van der Waals surface area contributed by atoms with Crippen molar-refractivity contribution in [2.75, 3.05) is 24.2 Å². The molecule has 0 saturated carbocycles. The van der Waals surface area contributed by atoms with Crippen molar-refractivity contribution in [3.8, 4) is 0 Å². The molecule has 2 aromatic rings. The molecule has 2 N–H and O–H groups in total. The standard InChI is InChI=1S/C20H22ClFN2O2S/c21-14-4-7-17(8-5-14)27-12-16-11-23-10-15(26-16)6-9-18-19(22)2-1-3-20(18)24-13-25/h1-5,7-8,13,15-16,23H,6,9-12H2,(H,24,25)/t15-,16+/m1/s1. The van der Waals surface area contributed by atoms with Crippen molar-refractivity contribution in [3.05, 3.63) is 58.9 Å². The number of thioether (sulfide) groups is 1. The van der Waals surface area contributed by atoms with Crippen LogP contribution in [0.4, 0.5) is 10.1 Å². The van der Waals surface area contributed by atoms with Gasteiger partial charge in [-0.05, 0) is 49.2 Å². The number of nitrogens with one attached hydrogen (secondary N) is 2. The maximum Gasteiger partial charge on any atom is 0.211 e. The molecule has 0 bridgehead atoms. The second-order valence-electron chi connectivity index (χ2n) is 6.37. The summed E-state index contributed by atoms with van der Waals surface area (Å²) in [6, 6.07) is 12.5. The summed E-state index contributed by atoms with van der Waals surface area (Å²) in [6.07, 6.45) is 1.87. The third kappa shape index (κ3) is 5.94. The number of morpholine rings is 1. The summed E-state index contributed by atoms with van der Waals surface area (Å²) in [7, 11) is 0. The monoisotopic (exact) mass is 408 g/mol. The zero-order valence-corrected chi connectivity index (χ0v) is 16.4. The van der Waals surface area contributed by atoms with Crippen molar-refractivity contribution in [1.82, 2.24) is 5.32 Å². The van der Waals surface area contributed by atoms with Crippen LogP contribution in [-0.4, -0.2) is 37.5 Å². The summed E-state index contributed by atoms with van der Waals surface area (Å²) in [5.41, 5.74) is 1.04. The van der Waals surface area contributed by atoms with Crippen LogP contribution in [0.1, 0.15) is 12.0 Å². The van der Waals surface area contributed by atoms with E-state index < -0.39 is 0 Å². The summed E-state index contributed by atoms with van der Waals surface area (Å²) in [4.78, 5) is 11.9. The van der Waals surface area contributed by atoms with Crippen molar-refractivity contribution < 1.29 is 13.9 Å². The SMILES string of the molecule is O=CNc1cccc(F)c1CC[C@@H]1CNC[C@@H](CSc2ccc(Cl)cc2)O1. The molecule has 3 rings (SSSR count). The van der Waals surface area contributed by atoms with Crippen LogP contribution < -0.4 is 10.6 Å². The van der Waals surface area contributed by atoms with E-state index in [1.165, 1.54) is 6.07 Å². The van der Waals surface area contributed by atoms with E-state index in [-0.39, 0.29) is 18.0 Å². The molecule has 144 valence electrons. The number of hydrogen-bond donors (Lipinski definition) is 2. The topological polar surface area (TPSA) is 50.4 Å². The van der Waals surface area contributed by atoms with Gasteiger partial charge in [0, 0.05) is 40.0 Å². The summed E-state index contributed by atoms with van der Waals surface area (Å²) in [6.45, 7) is 1.54. The van der Waals surface area contributed by atoms with Crippen LogP contribution in [0.3, 0.4) is 0 Å². The lowest BCUT2D eigenvalue weighted by Crippen LogP contribution is -2.45. The highest BCUT2D eigenvalue weighted by molar-refractivity contribution is 7.99. The van der Waals surface area contributed by atoms with Gasteiger partial charge in [-0.2, -0.15) is 0 Å². The van der Waals surface area contributed by atoms with Gasteiger partial charge in [0.2, 0.25) is 6.41 Å². The third-order valence-electron chi connectivity index (χ3n) is 4.43. The Kier molecular flexibility index (Phi) is 7.52. The molecule has 0 unspecified atom stereocenters. The molecule has 7 heteroatoms. The van der Waals surface area contributed by atoms with E-state index >= 15 is 0 Å². The smallest absolute Gasteiger partial charge is 0.211 e. The lowest BCUT2D eigenvalue weighted by atomic mass is 10.0. The van der Waals surface area contributed by atoms with E-state index in [9.17, 15) is 9.18 Å². The predicted molar refractivity (Wildman–Crippen MR) is 108 cm³/mol. The molecule has 0 aromatic heterocycles. The molecule has 4 nitrogen and oxygen atoms in total. The highest BCUT2D eigenvalue weighted by atomic mass is 35.5. The molecular formula is C20H22ClFN2O2S. The molecule has 1 saturated heterocycles. The predicted octanol–water partition coefficient (Wildman–Crippen LogP) is 4.13. The normalized spacial score (nSPS) is 19.6. The van der Waals surface area contributed by atoms with Crippen LogP contribution in [0.15, 0.2) is 47.4 Å². The molecule has 0 aliphatic carbocycles. The van der Waals surface area contributed by atoms with Gasteiger partial charge in [0.1, 0.15) is 5.82 Å². The first-order valence-electron chi connectivity index (χ1n) is 8.88. The average molecular weight is 409 g/mol. The minimum atomic E-state index is -0.305. The minimum Gasteiger partial charge on any atom is -0.371 e. The van der Waals surface area contributed by atoms with Crippen molar-refractivity contribution >= 4 is 35.5 Å². The maximum absolute atomic E-state index is 14.1. The van der Waals surface area contributed by atoms with Crippen molar-refractivity contribution in [2.45, 2.75) is 29.9 Å². The van der Waals surface area contributed by atoms with Gasteiger partial charge in [0.05, 0.1) is 12.2 Å². The molecule has 2 aromatic carbocycles. The maximum atomic E-state index is 14.1. The van der Waals surface area contributed by atoms with Gasteiger partial charge in [0.15, 0.2) is 0 Å². The highest BCUT2D eigenvalue weighted by Crippen LogP contribution is 2.25. The molecule has 0 radical (unpaired) electrons. The van der Waals surface area contributed by atoms with Crippen LogP contribution >= 0.6 is 23.4 Å². The van der Waals surface area contributed by atoms with Crippen LogP contribution in [0.2, 0.25) is 5.02 Å². The lowest BCUT2D eigenvalue weighted by molar-refractivity contribution is -0.105. The number of rotatable bonds is 8. The molecule has 2 atom stereocenters. The Morgan fingerprint density at radius 3 is 2.78 bits per heavy atom. The number of halogens is 2. The number of anilines is 1. The fraction of sp³-hybridized carbons (Fsp3) is 0.350.